The van der Waals surface area contributed by atoms with E-state index in [4.69, 9.17) is 0 Å². The van der Waals surface area contributed by atoms with Crippen molar-refractivity contribution in [3.8, 4) is 0 Å². The highest BCUT2D eigenvalue weighted by Crippen LogP contribution is 2.53. The van der Waals surface area contributed by atoms with Gasteiger partial charge in [0.2, 0.25) is 0 Å². The van der Waals surface area contributed by atoms with Crippen LogP contribution in [0.1, 0.15) is 31.7 Å². The Bertz CT molecular complexity index is 359. The number of halogens is 1. The molecule has 2 atom stereocenters. The van der Waals surface area contributed by atoms with Crippen LogP contribution in [0.4, 0.5) is 0 Å². The first-order chi connectivity index (χ1) is 7.07. The molecule has 1 fully saturated rings. The zero-order valence-corrected chi connectivity index (χ0v) is 11.7. The number of hydrogen-bond donors (Lipinski definition) is 1. The van der Waals surface area contributed by atoms with E-state index >= 15 is 0 Å². The van der Waals surface area contributed by atoms with Crippen molar-refractivity contribution in [2.24, 2.45) is 5.41 Å². The summed E-state index contributed by atoms with van der Waals surface area (Å²) in [5.74, 6) is 0.711. The van der Waals surface area contributed by atoms with Crippen molar-refractivity contribution < 1.29 is 0 Å². The monoisotopic (exact) mass is 315 g/mol. The van der Waals surface area contributed by atoms with Crippen molar-refractivity contribution in [3.05, 3.63) is 33.4 Å². The number of hydrogen-bond acceptors (Lipinski definition) is 1. The molecular formula is C13H18IN. The second-order valence-electron chi connectivity index (χ2n) is 4.97. The second kappa shape index (κ2) is 4.06. The van der Waals surface area contributed by atoms with Crippen molar-refractivity contribution in [2.75, 3.05) is 7.05 Å². The van der Waals surface area contributed by atoms with Gasteiger partial charge in [-0.05, 0) is 59.0 Å². The molecule has 1 aliphatic carbocycles. The fourth-order valence-electron chi connectivity index (χ4n) is 2.70. The summed E-state index contributed by atoms with van der Waals surface area (Å²) < 4.78 is 1.41. The first-order valence-corrected chi connectivity index (χ1v) is 6.57. The minimum Gasteiger partial charge on any atom is -0.316 e. The second-order valence-corrected chi connectivity index (χ2v) is 6.13. The van der Waals surface area contributed by atoms with Gasteiger partial charge in [-0.15, -0.1) is 0 Å². The fourth-order valence-corrected chi connectivity index (χ4v) is 3.46. The standard InChI is InChI=1S/C13H18IN/c1-13(2)10(8-12(13)15-3)9-6-4-5-7-11(9)14/h4-7,10,12,15H,8H2,1-3H3. The van der Waals surface area contributed by atoms with Gasteiger partial charge in [-0.2, -0.15) is 0 Å². The Morgan fingerprint density at radius 3 is 2.53 bits per heavy atom. The zero-order chi connectivity index (χ0) is 11.1. The van der Waals surface area contributed by atoms with E-state index in [1.807, 2.05) is 0 Å². The lowest BCUT2D eigenvalue weighted by atomic mass is 9.56. The van der Waals surface area contributed by atoms with E-state index in [0.29, 0.717) is 17.4 Å². The lowest BCUT2D eigenvalue weighted by Gasteiger charge is -2.52. The normalized spacial score (nSPS) is 28.5. The van der Waals surface area contributed by atoms with Crippen LogP contribution in [0.5, 0.6) is 0 Å². The van der Waals surface area contributed by atoms with Crippen LogP contribution in [0.15, 0.2) is 24.3 Å². The molecule has 0 bridgehead atoms. The Kier molecular flexibility index (Phi) is 3.08. The number of rotatable bonds is 2. The van der Waals surface area contributed by atoms with Crippen LogP contribution in [0, 0.1) is 8.99 Å². The summed E-state index contributed by atoms with van der Waals surface area (Å²) in [6.45, 7) is 4.73. The van der Waals surface area contributed by atoms with Gasteiger partial charge in [0.05, 0.1) is 0 Å². The Balaban J connectivity index is 2.25. The summed E-state index contributed by atoms with van der Waals surface area (Å²) in [4.78, 5) is 0. The van der Waals surface area contributed by atoms with Crippen LogP contribution < -0.4 is 5.32 Å². The summed E-state index contributed by atoms with van der Waals surface area (Å²) in [7, 11) is 2.07. The molecule has 0 heterocycles. The molecule has 0 saturated heterocycles. The van der Waals surface area contributed by atoms with Gasteiger partial charge in [-0.3, -0.25) is 0 Å². The van der Waals surface area contributed by atoms with E-state index in [1.54, 1.807) is 0 Å². The van der Waals surface area contributed by atoms with Crippen LogP contribution in [0.2, 0.25) is 0 Å². The SMILES string of the molecule is CNC1CC(c2ccccc2I)C1(C)C. The van der Waals surface area contributed by atoms with Crippen molar-refractivity contribution in [1.82, 2.24) is 5.32 Å². The predicted molar refractivity (Wildman–Crippen MR) is 73.1 cm³/mol. The maximum absolute atomic E-state index is 3.41. The summed E-state index contributed by atoms with van der Waals surface area (Å²) in [6.07, 6.45) is 1.27. The molecule has 0 radical (unpaired) electrons. The maximum Gasteiger partial charge on any atom is 0.0165 e. The lowest BCUT2D eigenvalue weighted by molar-refractivity contribution is 0.0746. The van der Waals surface area contributed by atoms with Crippen LogP contribution in [-0.4, -0.2) is 13.1 Å². The minimum absolute atomic E-state index is 0.385. The number of nitrogens with one attached hydrogen (secondary N) is 1. The fraction of sp³-hybridized carbons (Fsp3) is 0.538. The summed E-state index contributed by atoms with van der Waals surface area (Å²) in [6, 6.07) is 9.42. The van der Waals surface area contributed by atoms with Crippen LogP contribution >= 0.6 is 22.6 Å². The minimum atomic E-state index is 0.385. The predicted octanol–water partition coefficient (Wildman–Crippen LogP) is 3.39. The highest BCUT2D eigenvalue weighted by atomic mass is 127. The van der Waals surface area contributed by atoms with Gasteiger partial charge < -0.3 is 5.32 Å². The molecule has 2 rings (SSSR count). The molecule has 2 unspecified atom stereocenters. The highest BCUT2D eigenvalue weighted by Gasteiger charge is 2.48. The van der Waals surface area contributed by atoms with E-state index < -0.39 is 0 Å². The molecule has 0 aromatic heterocycles. The molecule has 1 aromatic rings. The van der Waals surface area contributed by atoms with Crippen LogP contribution in [0.3, 0.4) is 0 Å². The Morgan fingerprint density at radius 2 is 2.00 bits per heavy atom. The molecule has 82 valence electrons. The molecule has 1 N–H and O–H groups in total. The van der Waals surface area contributed by atoms with Gasteiger partial charge in [0.15, 0.2) is 0 Å². The maximum atomic E-state index is 3.41. The van der Waals surface area contributed by atoms with Crippen molar-refractivity contribution in [3.63, 3.8) is 0 Å². The highest BCUT2D eigenvalue weighted by molar-refractivity contribution is 14.1. The average molecular weight is 315 g/mol. The zero-order valence-electron chi connectivity index (χ0n) is 9.55. The Hall–Kier alpha value is -0.0900. The molecule has 1 saturated carbocycles. The molecule has 0 spiro atoms. The molecule has 15 heavy (non-hydrogen) atoms. The van der Waals surface area contributed by atoms with E-state index in [0.717, 1.165) is 0 Å². The molecule has 0 amide bonds. The molecule has 1 aliphatic rings. The quantitative estimate of drug-likeness (QED) is 0.825. The van der Waals surface area contributed by atoms with E-state index in [-0.39, 0.29) is 0 Å². The third-order valence-corrected chi connectivity index (χ3v) is 4.88. The van der Waals surface area contributed by atoms with Gasteiger partial charge in [0.25, 0.3) is 0 Å². The molecule has 1 nitrogen and oxygen atoms in total. The molecular weight excluding hydrogens is 297 g/mol. The van der Waals surface area contributed by atoms with Gasteiger partial charge in [-0.25, -0.2) is 0 Å². The van der Waals surface area contributed by atoms with Crippen molar-refractivity contribution in [1.29, 1.82) is 0 Å². The van der Waals surface area contributed by atoms with Crippen molar-refractivity contribution in [2.45, 2.75) is 32.2 Å². The first kappa shape index (κ1) is 11.4. The summed E-state index contributed by atoms with van der Waals surface area (Å²) >= 11 is 2.45. The number of benzene rings is 1. The van der Waals surface area contributed by atoms with Crippen LogP contribution in [0.25, 0.3) is 0 Å². The van der Waals surface area contributed by atoms with Gasteiger partial charge in [0, 0.05) is 9.61 Å². The Morgan fingerprint density at radius 1 is 1.33 bits per heavy atom. The average Bonchev–Trinajstić information content (AvgIpc) is 2.20. The third-order valence-electron chi connectivity index (χ3n) is 3.90. The van der Waals surface area contributed by atoms with Gasteiger partial charge in [0.1, 0.15) is 0 Å². The first-order valence-electron chi connectivity index (χ1n) is 5.49. The topological polar surface area (TPSA) is 12.0 Å². The van der Waals surface area contributed by atoms with Crippen molar-refractivity contribution >= 4 is 22.6 Å². The van der Waals surface area contributed by atoms with Gasteiger partial charge >= 0.3 is 0 Å². The van der Waals surface area contributed by atoms with E-state index in [2.05, 4.69) is 73.1 Å². The van der Waals surface area contributed by atoms with E-state index in [9.17, 15) is 0 Å². The van der Waals surface area contributed by atoms with Crippen LogP contribution in [-0.2, 0) is 0 Å². The van der Waals surface area contributed by atoms with E-state index in [1.165, 1.54) is 15.6 Å². The molecule has 0 aliphatic heterocycles. The lowest BCUT2D eigenvalue weighted by Crippen LogP contribution is -2.54. The molecule has 1 aromatic carbocycles. The summed E-state index contributed by atoms with van der Waals surface area (Å²) in [5, 5.41) is 3.41. The third kappa shape index (κ3) is 1.82. The molecule has 2 heteroatoms. The Labute approximate surface area is 106 Å². The van der Waals surface area contributed by atoms with Gasteiger partial charge in [-0.1, -0.05) is 32.0 Å². The summed E-state index contributed by atoms with van der Waals surface area (Å²) in [5.41, 5.74) is 1.91. The largest absolute Gasteiger partial charge is 0.316 e. The smallest absolute Gasteiger partial charge is 0.0165 e.